The number of para-hydroxylation sites is 1. The van der Waals surface area contributed by atoms with Gasteiger partial charge in [0.15, 0.2) is 0 Å². The molecule has 3 aromatic rings. The number of H-pyrrole nitrogens is 1. The standard InChI is InChI=1S/C18H13N7O/c19-7-12-3-1-2-4-15(12)25-11-21-14-5-6-24(10-17(14)25)16-9-22-23-18(26)13(16)8-20/h1-4,9,11H,5-6,10H2,(H,23,26). The molecule has 3 heterocycles. The summed E-state index contributed by atoms with van der Waals surface area (Å²) >= 11 is 0. The molecule has 0 saturated carbocycles. The Balaban J connectivity index is 1.78. The van der Waals surface area contributed by atoms with E-state index < -0.39 is 5.56 Å². The Kier molecular flexibility index (Phi) is 3.71. The van der Waals surface area contributed by atoms with Crippen LogP contribution in [0.5, 0.6) is 0 Å². The smallest absolute Gasteiger partial charge is 0.284 e. The van der Waals surface area contributed by atoms with Crippen LogP contribution >= 0.6 is 0 Å². The Morgan fingerprint density at radius 1 is 1.15 bits per heavy atom. The van der Waals surface area contributed by atoms with Crippen molar-refractivity contribution in [2.24, 2.45) is 0 Å². The maximum Gasteiger partial charge on any atom is 0.284 e. The molecule has 1 aliphatic rings. The Labute approximate surface area is 148 Å². The highest BCUT2D eigenvalue weighted by molar-refractivity contribution is 5.58. The molecule has 126 valence electrons. The first-order chi connectivity index (χ1) is 12.7. The average Bonchev–Trinajstić information content (AvgIpc) is 3.10. The molecule has 0 aliphatic carbocycles. The molecule has 1 aromatic carbocycles. The molecule has 0 spiro atoms. The molecule has 0 radical (unpaired) electrons. The van der Waals surface area contributed by atoms with E-state index in [-0.39, 0.29) is 5.56 Å². The second-order valence-electron chi connectivity index (χ2n) is 5.88. The summed E-state index contributed by atoms with van der Waals surface area (Å²) in [7, 11) is 0. The van der Waals surface area contributed by atoms with Crippen molar-refractivity contribution >= 4 is 5.69 Å². The van der Waals surface area contributed by atoms with Crippen molar-refractivity contribution in [1.82, 2.24) is 19.7 Å². The summed E-state index contributed by atoms with van der Waals surface area (Å²) in [4.78, 5) is 18.3. The van der Waals surface area contributed by atoms with E-state index >= 15 is 0 Å². The number of nitrogens with zero attached hydrogens (tertiary/aromatic N) is 6. The summed E-state index contributed by atoms with van der Waals surface area (Å²) in [6, 6.07) is 11.5. The van der Waals surface area contributed by atoms with E-state index in [0.29, 0.717) is 30.8 Å². The van der Waals surface area contributed by atoms with Gasteiger partial charge in [0.1, 0.15) is 17.7 Å². The lowest BCUT2D eigenvalue weighted by molar-refractivity contribution is 0.691. The van der Waals surface area contributed by atoms with Gasteiger partial charge < -0.3 is 4.90 Å². The largest absolute Gasteiger partial charge is 0.363 e. The molecule has 4 rings (SSSR count). The van der Waals surface area contributed by atoms with Gasteiger partial charge in [0.25, 0.3) is 5.56 Å². The van der Waals surface area contributed by atoms with Crippen molar-refractivity contribution < 1.29 is 0 Å². The summed E-state index contributed by atoms with van der Waals surface area (Å²) in [5.74, 6) is 0. The van der Waals surface area contributed by atoms with Crippen LogP contribution in [0.3, 0.4) is 0 Å². The fourth-order valence-electron chi connectivity index (χ4n) is 3.22. The summed E-state index contributed by atoms with van der Waals surface area (Å²) in [6.45, 7) is 1.10. The van der Waals surface area contributed by atoms with Crippen LogP contribution in [0, 0.1) is 22.7 Å². The number of hydrogen-bond acceptors (Lipinski definition) is 6. The highest BCUT2D eigenvalue weighted by Crippen LogP contribution is 2.27. The van der Waals surface area contributed by atoms with Gasteiger partial charge in [-0.05, 0) is 12.1 Å². The zero-order valence-electron chi connectivity index (χ0n) is 13.7. The van der Waals surface area contributed by atoms with Crippen molar-refractivity contribution in [2.75, 3.05) is 11.4 Å². The first-order valence-corrected chi connectivity index (χ1v) is 8.00. The third-order valence-electron chi connectivity index (χ3n) is 4.48. The molecule has 0 atom stereocenters. The van der Waals surface area contributed by atoms with Gasteiger partial charge in [0, 0.05) is 13.0 Å². The van der Waals surface area contributed by atoms with Crippen LogP contribution in [-0.2, 0) is 13.0 Å². The fourth-order valence-corrected chi connectivity index (χ4v) is 3.22. The first kappa shape index (κ1) is 15.6. The Morgan fingerprint density at radius 2 is 2.00 bits per heavy atom. The average molecular weight is 343 g/mol. The second kappa shape index (κ2) is 6.19. The van der Waals surface area contributed by atoms with Crippen LogP contribution in [0.15, 0.2) is 41.6 Å². The van der Waals surface area contributed by atoms with Crippen LogP contribution in [0.2, 0.25) is 0 Å². The number of hydrogen-bond donors (Lipinski definition) is 1. The molecule has 1 N–H and O–H groups in total. The van der Waals surface area contributed by atoms with E-state index in [2.05, 4.69) is 21.3 Å². The van der Waals surface area contributed by atoms with E-state index in [1.807, 2.05) is 33.7 Å². The number of nitrogens with one attached hydrogen (secondary N) is 1. The van der Waals surface area contributed by atoms with E-state index in [1.165, 1.54) is 6.20 Å². The number of aromatic nitrogens is 4. The molecule has 8 heteroatoms. The van der Waals surface area contributed by atoms with Crippen LogP contribution in [0.25, 0.3) is 5.69 Å². The molecule has 0 bridgehead atoms. The fraction of sp³-hybridized carbons (Fsp3) is 0.167. The normalized spacial score (nSPS) is 12.9. The van der Waals surface area contributed by atoms with Crippen LogP contribution in [0.4, 0.5) is 5.69 Å². The van der Waals surface area contributed by atoms with Crippen molar-refractivity contribution in [3.8, 4) is 17.8 Å². The van der Waals surface area contributed by atoms with Gasteiger partial charge in [-0.3, -0.25) is 9.36 Å². The number of nitriles is 2. The molecule has 0 saturated heterocycles. The predicted octanol–water partition coefficient (Wildman–Crippen LogP) is 1.26. The van der Waals surface area contributed by atoms with E-state index in [1.54, 1.807) is 12.4 Å². The van der Waals surface area contributed by atoms with Gasteiger partial charge in [-0.1, -0.05) is 12.1 Å². The van der Waals surface area contributed by atoms with E-state index in [0.717, 1.165) is 17.1 Å². The number of rotatable bonds is 2. The zero-order chi connectivity index (χ0) is 18.1. The molecule has 0 amide bonds. The molecular weight excluding hydrogens is 330 g/mol. The van der Waals surface area contributed by atoms with E-state index in [4.69, 9.17) is 0 Å². The van der Waals surface area contributed by atoms with Crippen molar-refractivity contribution in [2.45, 2.75) is 13.0 Å². The lowest BCUT2D eigenvalue weighted by Crippen LogP contribution is -2.33. The summed E-state index contributed by atoms with van der Waals surface area (Å²) in [6.07, 6.45) is 3.88. The molecular formula is C18H13N7O. The van der Waals surface area contributed by atoms with E-state index in [9.17, 15) is 15.3 Å². The monoisotopic (exact) mass is 343 g/mol. The highest BCUT2D eigenvalue weighted by atomic mass is 16.1. The lowest BCUT2D eigenvalue weighted by atomic mass is 10.1. The number of imidazole rings is 1. The minimum atomic E-state index is -0.501. The second-order valence-corrected chi connectivity index (χ2v) is 5.88. The van der Waals surface area contributed by atoms with Gasteiger partial charge >= 0.3 is 0 Å². The Hall–Kier alpha value is -3.91. The van der Waals surface area contributed by atoms with Gasteiger partial charge in [0.05, 0.1) is 47.4 Å². The SMILES string of the molecule is N#Cc1ccccc1-n1cnc2c1CN(c1cn[nH]c(=O)c1C#N)CC2. The number of aromatic amines is 1. The molecule has 26 heavy (non-hydrogen) atoms. The quantitative estimate of drug-likeness (QED) is 0.749. The van der Waals surface area contributed by atoms with Gasteiger partial charge in [-0.25, -0.2) is 10.1 Å². The van der Waals surface area contributed by atoms with Gasteiger partial charge in [-0.2, -0.15) is 15.6 Å². The third-order valence-corrected chi connectivity index (χ3v) is 4.48. The number of anilines is 1. The predicted molar refractivity (Wildman–Crippen MR) is 92.6 cm³/mol. The highest BCUT2D eigenvalue weighted by Gasteiger charge is 2.25. The molecule has 2 aromatic heterocycles. The molecule has 1 aliphatic heterocycles. The summed E-state index contributed by atoms with van der Waals surface area (Å²) < 4.78 is 1.90. The molecule has 8 nitrogen and oxygen atoms in total. The Morgan fingerprint density at radius 3 is 2.81 bits per heavy atom. The molecule has 0 unspecified atom stereocenters. The third kappa shape index (κ3) is 2.41. The van der Waals surface area contributed by atoms with Crippen LogP contribution < -0.4 is 10.5 Å². The maximum atomic E-state index is 11.9. The Bertz CT molecular complexity index is 1130. The minimum absolute atomic E-state index is 0.0481. The minimum Gasteiger partial charge on any atom is -0.363 e. The van der Waals surface area contributed by atoms with Crippen molar-refractivity contribution in [3.63, 3.8) is 0 Å². The van der Waals surface area contributed by atoms with Crippen molar-refractivity contribution in [1.29, 1.82) is 10.5 Å². The maximum absolute atomic E-state index is 11.9. The van der Waals surface area contributed by atoms with Gasteiger partial charge in [0.2, 0.25) is 0 Å². The first-order valence-electron chi connectivity index (χ1n) is 8.00. The van der Waals surface area contributed by atoms with Crippen LogP contribution in [-0.4, -0.2) is 26.3 Å². The van der Waals surface area contributed by atoms with Crippen molar-refractivity contribution in [3.05, 3.63) is 69.7 Å². The van der Waals surface area contributed by atoms with Gasteiger partial charge in [-0.15, -0.1) is 0 Å². The number of benzene rings is 1. The topological polar surface area (TPSA) is 114 Å². The lowest BCUT2D eigenvalue weighted by Gasteiger charge is -2.29. The molecule has 0 fully saturated rings. The van der Waals surface area contributed by atoms with Crippen LogP contribution in [0.1, 0.15) is 22.5 Å². The summed E-state index contributed by atoms with van der Waals surface area (Å²) in [5, 5.41) is 24.8. The summed E-state index contributed by atoms with van der Waals surface area (Å²) in [5.41, 5.74) is 3.25. The zero-order valence-corrected chi connectivity index (χ0v) is 13.7. The number of fused-ring (bicyclic) bond motifs is 1.